The number of anilines is 1. The average molecular weight is 865 g/mol. The van der Waals surface area contributed by atoms with E-state index in [1.54, 1.807) is 12.1 Å². The Morgan fingerprint density at radius 1 is 0.984 bits per heavy atom. The van der Waals surface area contributed by atoms with Gasteiger partial charge < -0.3 is 29.4 Å². The van der Waals surface area contributed by atoms with Crippen molar-refractivity contribution in [2.45, 2.75) is 107 Å². The molecule has 9 rings (SSSR count). The van der Waals surface area contributed by atoms with E-state index in [0.717, 1.165) is 18.2 Å². The number of nitrogens with zero attached hydrogens (tertiary/aromatic N) is 3. The molecule has 2 saturated carbocycles. The normalized spacial score (nSPS) is 25.0. The molecular weight excluding hydrogens is 816 g/mol. The molecule has 0 bridgehead atoms. The summed E-state index contributed by atoms with van der Waals surface area (Å²) in [7, 11) is -3.92. The fraction of sp³-hybridized carbons (Fsp3) is 0.413. The van der Waals surface area contributed by atoms with Crippen LogP contribution < -0.4 is 24.8 Å². The van der Waals surface area contributed by atoms with Gasteiger partial charge in [-0.15, -0.1) is 0 Å². The molecule has 0 unspecified atom stereocenters. The highest BCUT2D eigenvalue weighted by Crippen LogP contribution is 2.46. The number of para-hydroxylation sites is 1. The lowest BCUT2D eigenvalue weighted by atomic mass is 10.0. The molecule has 324 valence electrons. The highest BCUT2D eigenvalue weighted by molar-refractivity contribution is 7.91. The molecular formula is C46H49FN6O8S. The summed E-state index contributed by atoms with van der Waals surface area (Å²) >= 11 is 0. The summed E-state index contributed by atoms with van der Waals surface area (Å²) in [5, 5.41) is 6.32. The molecule has 62 heavy (non-hydrogen) atoms. The molecule has 1 saturated heterocycles. The molecule has 3 amide bonds. The van der Waals surface area contributed by atoms with E-state index in [4.69, 9.17) is 23.9 Å². The van der Waals surface area contributed by atoms with Gasteiger partial charge in [0.1, 0.15) is 46.4 Å². The first-order chi connectivity index (χ1) is 29.9. The number of fused-ring (bicyclic) bond motifs is 5. The fourth-order valence-electron chi connectivity index (χ4n) is 8.48. The summed E-state index contributed by atoms with van der Waals surface area (Å²) in [5.41, 5.74) is 1.11. The molecule has 3 N–H and O–H groups in total. The van der Waals surface area contributed by atoms with E-state index in [-0.39, 0.29) is 37.3 Å². The molecule has 16 heteroatoms. The minimum atomic E-state index is -3.92. The lowest BCUT2D eigenvalue weighted by Gasteiger charge is -2.30. The first-order valence-electron chi connectivity index (χ1n) is 21.4. The van der Waals surface area contributed by atoms with Gasteiger partial charge in [0.25, 0.3) is 11.8 Å². The molecule has 2 aliphatic heterocycles. The summed E-state index contributed by atoms with van der Waals surface area (Å²) < 4.78 is 61.0. The van der Waals surface area contributed by atoms with Crippen molar-refractivity contribution in [2.75, 3.05) is 11.9 Å². The van der Waals surface area contributed by atoms with Crippen LogP contribution in [0.3, 0.4) is 0 Å². The number of aromatic nitrogens is 2. The van der Waals surface area contributed by atoms with Crippen LogP contribution in [0.25, 0.3) is 33.5 Å². The second-order valence-corrected chi connectivity index (χ2v) is 19.0. The van der Waals surface area contributed by atoms with Crippen LogP contribution in [0.5, 0.6) is 11.6 Å². The Morgan fingerprint density at radius 3 is 2.52 bits per heavy atom. The number of halogens is 1. The van der Waals surface area contributed by atoms with Gasteiger partial charge in [0.15, 0.2) is 5.82 Å². The zero-order valence-corrected chi connectivity index (χ0v) is 35.3. The highest BCUT2D eigenvalue weighted by Gasteiger charge is 2.62. The number of nitrogens with one attached hydrogen (secondary N) is 3. The Hall–Kier alpha value is -6.03. The quantitative estimate of drug-likeness (QED) is 0.126. The number of ether oxygens (including phenoxy) is 2. The van der Waals surface area contributed by atoms with Crippen LogP contribution in [0.2, 0.25) is 0 Å². The first kappa shape index (κ1) is 41.3. The van der Waals surface area contributed by atoms with Crippen LogP contribution in [-0.2, 0) is 24.4 Å². The van der Waals surface area contributed by atoms with Crippen LogP contribution in [0.4, 0.5) is 10.1 Å². The minimum Gasteiger partial charge on any atom is -0.491 e. The zero-order valence-electron chi connectivity index (χ0n) is 34.5. The maximum absolute atomic E-state index is 14.8. The standard InChI is InChI=1S/C46H49FN6O8S/c1-27(2)59-32-20-14-28(15-21-32)41-49-39-35-11-8-9-13-38(35)61-40(39)43(50-41)60-33-24-37-42(54)51-46(45(56)52-62(57,58)34-22-23-34)25-29(46)10-6-4-3-5-7-12-36(44(55)53(37)26-33)48-31-18-16-30(47)17-19-31/h6,8-11,13-21,27,29,33-34,36-37,48H,3-5,7,12,22-26H2,1-2H3,(H,51,54)(H,52,56)/b10-6-/t29-,33-,36+,37+,46-/m1/s1. The highest BCUT2D eigenvalue weighted by atomic mass is 32.2. The van der Waals surface area contributed by atoms with Gasteiger partial charge in [-0.3, -0.25) is 19.1 Å². The Balaban J connectivity index is 1.07. The van der Waals surface area contributed by atoms with Gasteiger partial charge in [-0.2, -0.15) is 4.98 Å². The lowest BCUT2D eigenvalue weighted by molar-refractivity contribution is -0.140. The van der Waals surface area contributed by atoms with Gasteiger partial charge in [-0.05, 0) is 113 Å². The molecule has 5 atom stereocenters. The smallest absolute Gasteiger partial charge is 0.262 e. The number of sulfonamides is 1. The molecule has 3 aromatic carbocycles. The van der Waals surface area contributed by atoms with Crippen molar-refractivity contribution in [3.63, 3.8) is 0 Å². The number of furan rings is 1. The minimum absolute atomic E-state index is 0.0111. The predicted octanol–water partition coefficient (Wildman–Crippen LogP) is 6.80. The molecule has 4 heterocycles. The second-order valence-electron chi connectivity index (χ2n) is 17.0. The third-order valence-electron chi connectivity index (χ3n) is 12.0. The van der Waals surface area contributed by atoms with Gasteiger partial charge in [0.05, 0.1) is 17.9 Å². The summed E-state index contributed by atoms with van der Waals surface area (Å²) in [4.78, 5) is 54.6. The topological polar surface area (TPSA) is 182 Å². The van der Waals surface area contributed by atoms with Gasteiger partial charge >= 0.3 is 0 Å². The number of benzene rings is 3. The van der Waals surface area contributed by atoms with Crippen LogP contribution in [0, 0.1) is 11.7 Å². The Labute approximate surface area is 358 Å². The zero-order chi connectivity index (χ0) is 43.2. The first-order valence-corrected chi connectivity index (χ1v) is 22.9. The van der Waals surface area contributed by atoms with E-state index in [9.17, 15) is 27.2 Å². The van der Waals surface area contributed by atoms with Gasteiger partial charge in [-0.1, -0.05) is 37.1 Å². The maximum atomic E-state index is 14.8. The maximum Gasteiger partial charge on any atom is 0.262 e. The monoisotopic (exact) mass is 864 g/mol. The number of hydrogen-bond acceptors (Lipinski definition) is 11. The molecule has 0 spiro atoms. The van der Waals surface area contributed by atoms with Crippen molar-refractivity contribution in [1.82, 2.24) is 24.9 Å². The van der Waals surface area contributed by atoms with Gasteiger partial charge in [0.2, 0.25) is 27.4 Å². The third-order valence-corrected chi connectivity index (χ3v) is 13.8. The van der Waals surface area contributed by atoms with Crippen LogP contribution in [0.1, 0.15) is 71.6 Å². The van der Waals surface area contributed by atoms with E-state index >= 15 is 0 Å². The van der Waals surface area contributed by atoms with E-state index in [1.165, 1.54) is 17.0 Å². The number of amides is 3. The second kappa shape index (κ2) is 16.7. The van der Waals surface area contributed by atoms with Crippen LogP contribution in [-0.4, -0.2) is 82.6 Å². The van der Waals surface area contributed by atoms with Gasteiger partial charge in [0, 0.05) is 29.0 Å². The third kappa shape index (κ3) is 8.56. The molecule has 4 aliphatic rings. The summed E-state index contributed by atoms with van der Waals surface area (Å²) in [6, 6.07) is 18.7. The number of allylic oxidation sites excluding steroid dienone is 1. The fourth-order valence-corrected chi connectivity index (χ4v) is 9.85. The molecule has 14 nitrogen and oxygen atoms in total. The Kier molecular flexibility index (Phi) is 11.1. The largest absolute Gasteiger partial charge is 0.491 e. The Morgan fingerprint density at radius 2 is 1.76 bits per heavy atom. The SMILES string of the molecule is CC(C)Oc1ccc(-c2nc(O[C@@H]3C[C@H]4C(=O)N[C@]5(C(=O)NS(=O)(=O)C6CC6)C[C@H]5/C=C\CCCCC[C@H](Nc5ccc(F)cc5)C(=O)N4C3)c3oc4ccccc4c3n2)cc1. The molecule has 5 aromatic rings. The number of hydrogen-bond donors (Lipinski definition) is 3. The van der Waals surface area contributed by atoms with E-state index in [0.29, 0.717) is 71.6 Å². The van der Waals surface area contributed by atoms with Crippen LogP contribution in [0.15, 0.2) is 89.4 Å². The lowest BCUT2D eigenvalue weighted by Crippen LogP contribution is -2.57. The number of carbonyl (C=O) groups excluding carboxylic acids is 3. The predicted molar refractivity (Wildman–Crippen MR) is 230 cm³/mol. The summed E-state index contributed by atoms with van der Waals surface area (Å²) in [6.07, 6.45) is 7.65. The number of carbonyl (C=O) groups is 3. The van der Waals surface area contributed by atoms with Crippen molar-refractivity contribution in [2.24, 2.45) is 5.92 Å². The van der Waals surface area contributed by atoms with Gasteiger partial charge in [-0.25, -0.2) is 17.8 Å². The Bertz CT molecular complexity index is 2650. The van der Waals surface area contributed by atoms with Crippen molar-refractivity contribution >= 4 is 55.5 Å². The average Bonchev–Trinajstić information content (AvgIpc) is 4.15. The molecule has 2 aromatic heterocycles. The van der Waals surface area contributed by atoms with Crippen molar-refractivity contribution < 1.29 is 41.1 Å². The summed E-state index contributed by atoms with van der Waals surface area (Å²) in [5.74, 6) is -1.47. The van der Waals surface area contributed by atoms with E-state index in [1.807, 2.05) is 74.5 Å². The van der Waals surface area contributed by atoms with Crippen LogP contribution >= 0.6 is 0 Å². The molecule has 0 radical (unpaired) electrons. The number of rotatable bonds is 10. The van der Waals surface area contributed by atoms with Crippen molar-refractivity contribution in [3.05, 3.63) is 90.8 Å². The van der Waals surface area contributed by atoms with Crippen molar-refractivity contribution in [3.8, 4) is 23.0 Å². The van der Waals surface area contributed by atoms with E-state index < -0.39 is 62.5 Å². The van der Waals surface area contributed by atoms with E-state index in [2.05, 4.69) is 15.4 Å². The molecule has 3 fully saturated rings. The van der Waals surface area contributed by atoms with Crippen molar-refractivity contribution in [1.29, 1.82) is 0 Å². The molecule has 2 aliphatic carbocycles. The summed E-state index contributed by atoms with van der Waals surface area (Å²) in [6.45, 7) is 3.87.